The summed E-state index contributed by atoms with van der Waals surface area (Å²) in [5.74, 6) is 7.12. The molecule has 9 atom stereocenters. The van der Waals surface area contributed by atoms with E-state index in [0.717, 1.165) is 35.5 Å². The quantitative estimate of drug-likeness (QED) is 0.516. The van der Waals surface area contributed by atoms with Crippen molar-refractivity contribution < 1.29 is 4.79 Å². The number of Topliss-reactive ketones (excluding diaryl/α,β-unsaturated/α-hetero) is 1. The van der Waals surface area contributed by atoms with Crippen LogP contribution in [0.25, 0.3) is 0 Å². The number of ketones is 1. The summed E-state index contributed by atoms with van der Waals surface area (Å²) in [5, 5.41) is 0.557. The number of alkyl halides is 1. The van der Waals surface area contributed by atoms with Gasteiger partial charge in [0.25, 0.3) is 0 Å². The number of carbonyl (C=O) groups excluding carboxylic acids is 1. The first-order valence-electron chi connectivity index (χ1n) is 10.5. The average Bonchev–Trinajstić information content (AvgIpc) is 2.84. The fourth-order valence-electron chi connectivity index (χ4n) is 8.22. The minimum absolute atomic E-state index is 0.292. The molecular formula is C22H35BrO. The summed E-state index contributed by atoms with van der Waals surface area (Å²) in [6.07, 6.45) is 11.4. The molecule has 4 fully saturated rings. The van der Waals surface area contributed by atoms with Gasteiger partial charge < -0.3 is 0 Å². The maximum absolute atomic E-state index is 12.7. The van der Waals surface area contributed by atoms with Crippen LogP contribution < -0.4 is 0 Å². The molecule has 0 aromatic rings. The van der Waals surface area contributed by atoms with E-state index in [9.17, 15) is 4.79 Å². The zero-order valence-corrected chi connectivity index (χ0v) is 17.4. The second-order valence-corrected chi connectivity index (χ2v) is 10.7. The van der Waals surface area contributed by atoms with E-state index in [2.05, 4.69) is 36.7 Å². The molecule has 0 saturated heterocycles. The van der Waals surface area contributed by atoms with Crippen LogP contribution in [-0.4, -0.2) is 11.1 Å². The van der Waals surface area contributed by atoms with Gasteiger partial charge in [0.1, 0.15) is 5.78 Å². The Morgan fingerprint density at radius 2 is 1.75 bits per heavy atom. The first kappa shape index (κ1) is 17.6. The van der Waals surface area contributed by atoms with E-state index in [1.54, 1.807) is 0 Å². The second-order valence-electron chi connectivity index (χ2n) is 10.2. The lowest BCUT2D eigenvalue weighted by molar-refractivity contribution is -0.129. The molecule has 4 rings (SSSR count). The number of halogens is 1. The molecule has 0 heterocycles. The van der Waals surface area contributed by atoms with Crippen molar-refractivity contribution in [3.8, 4) is 0 Å². The summed E-state index contributed by atoms with van der Waals surface area (Å²) in [6.45, 7) is 7.31. The Morgan fingerprint density at radius 3 is 2.50 bits per heavy atom. The molecule has 0 aromatic carbocycles. The molecule has 1 nitrogen and oxygen atoms in total. The second kappa shape index (κ2) is 6.39. The van der Waals surface area contributed by atoms with Crippen molar-refractivity contribution >= 4 is 21.7 Å². The lowest BCUT2D eigenvalue weighted by atomic mass is 9.49. The molecule has 2 heteroatoms. The molecule has 0 N–H and O–H groups in total. The molecule has 4 aliphatic rings. The van der Waals surface area contributed by atoms with E-state index in [-0.39, 0.29) is 0 Å². The van der Waals surface area contributed by atoms with Crippen LogP contribution in [0, 0.1) is 52.8 Å². The molecule has 0 aromatic heterocycles. The zero-order chi connectivity index (χ0) is 17.1. The van der Waals surface area contributed by atoms with Crippen LogP contribution in [0.5, 0.6) is 0 Å². The molecule has 0 spiro atoms. The Bertz CT molecular complexity index is 502. The summed E-state index contributed by atoms with van der Waals surface area (Å²) < 4.78 is 0. The van der Waals surface area contributed by atoms with Gasteiger partial charge in [-0.3, -0.25) is 4.79 Å². The predicted octanol–water partition coefficient (Wildman–Crippen LogP) is 6.10. The number of carbonyl (C=O) groups is 1. The maximum atomic E-state index is 12.7. The van der Waals surface area contributed by atoms with Gasteiger partial charge in [0, 0.05) is 5.92 Å². The van der Waals surface area contributed by atoms with Crippen LogP contribution in [0.2, 0.25) is 0 Å². The lowest BCUT2D eigenvalue weighted by Crippen LogP contribution is -2.49. The minimum atomic E-state index is 0.292. The van der Waals surface area contributed by atoms with Gasteiger partial charge in [0.2, 0.25) is 0 Å². The lowest BCUT2D eigenvalue weighted by Gasteiger charge is -2.56. The standard InChI is InChI=1S/C22H35BrO/c1-13-4-6-16-15(10-13)5-7-18-17(16)8-9-22(3)19(18)11-14(2)21(22)20(24)12-23/h13-19,21H,4-12H2,1-3H3/t13?,14-,15?,16?,17?,18?,19?,21?,22?/m1/s1. The molecule has 0 aliphatic heterocycles. The van der Waals surface area contributed by atoms with Crippen LogP contribution in [0.15, 0.2) is 0 Å². The first-order chi connectivity index (χ1) is 11.5. The van der Waals surface area contributed by atoms with Crippen LogP contribution in [0.1, 0.15) is 72.1 Å². The summed E-state index contributed by atoms with van der Waals surface area (Å²) in [6, 6.07) is 0. The first-order valence-corrected chi connectivity index (χ1v) is 11.7. The van der Waals surface area contributed by atoms with Crippen LogP contribution in [-0.2, 0) is 4.79 Å². The fraction of sp³-hybridized carbons (Fsp3) is 0.955. The third-order valence-electron chi connectivity index (χ3n) is 9.04. The van der Waals surface area contributed by atoms with E-state index in [1.165, 1.54) is 51.4 Å². The molecule has 24 heavy (non-hydrogen) atoms. The van der Waals surface area contributed by atoms with Crippen molar-refractivity contribution in [3.63, 3.8) is 0 Å². The van der Waals surface area contributed by atoms with Crippen molar-refractivity contribution in [2.24, 2.45) is 52.8 Å². The highest BCUT2D eigenvalue weighted by atomic mass is 79.9. The van der Waals surface area contributed by atoms with E-state index in [0.29, 0.717) is 28.4 Å². The Morgan fingerprint density at radius 1 is 1.00 bits per heavy atom. The van der Waals surface area contributed by atoms with Gasteiger partial charge in [-0.15, -0.1) is 0 Å². The highest BCUT2D eigenvalue weighted by molar-refractivity contribution is 9.09. The van der Waals surface area contributed by atoms with Crippen LogP contribution in [0.4, 0.5) is 0 Å². The number of rotatable bonds is 2. The minimum Gasteiger partial charge on any atom is -0.298 e. The summed E-state index contributed by atoms with van der Waals surface area (Å²) in [5.41, 5.74) is 0.292. The summed E-state index contributed by atoms with van der Waals surface area (Å²) >= 11 is 3.46. The van der Waals surface area contributed by atoms with Crippen molar-refractivity contribution in [1.29, 1.82) is 0 Å². The maximum Gasteiger partial charge on any atom is 0.147 e. The van der Waals surface area contributed by atoms with Gasteiger partial charge in [-0.25, -0.2) is 0 Å². The van der Waals surface area contributed by atoms with Crippen molar-refractivity contribution in [2.45, 2.75) is 72.1 Å². The van der Waals surface area contributed by atoms with Crippen molar-refractivity contribution in [2.75, 3.05) is 5.33 Å². The van der Waals surface area contributed by atoms with E-state index < -0.39 is 0 Å². The monoisotopic (exact) mass is 394 g/mol. The Labute approximate surface area is 156 Å². The molecule has 0 amide bonds. The SMILES string of the molecule is CC1CCC2C(CCC3C2CCC2(C)C3C[C@@H](C)C2C(=O)CBr)C1. The summed E-state index contributed by atoms with van der Waals surface area (Å²) in [4.78, 5) is 12.7. The number of hydrogen-bond acceptors (Lipinski definition) is 1. The summed E-state index contributed by atoms with van der Waals surface area (Å²) in [7, 11) is 0. The van der Waals surface area contributed by atoms with E-state index >= 15 is 0 Å². The predicted molar refractivity (Wildman–Crippen MR) is 103 cm³/mol. The Balaban J connectivity index is 1.58. The molecule has 0 radical (unpaired) electrons. The van der Waals surface area contributed by atoms with Gasteiger partial charge in [0.15, 0.2) is 0 Å². The van der Waals surface area contributed by atoms with E-state index in [1.807, 2.05) is 0 Å². The van der Waals surface area contributed by atoms with Gasteiger partial charge in [-0.05, 0) is 91.8 Å². The van der Waals surface area contributed by atoms with Crippen molar-refractivity contribution in [3.05, 3.63) is 0 Å². The highest BCUT2D eigenvalue weighted by Gasteiger charge is 2.60. The zero-order valence-electron chi connectivity index (χ0n) is 15.8. The molecule has 0 bridgehead atoms. The van der Waals surface area contributed by atoms with Crippen LogP contribution >= 0.6 is 15.9 Å². The Kier molecular flexibility index (Phi) is 4.68. The molecular weight excluding hydrogens is 360 g/mol. The largest absolute Gasteiger partial charge is 0.298 e. The normalized spacial score (nSPS) is 53.8. The Hall–Kier alpha value is 0.150. The van der Waals surface area contributed by atoms with Gasteiger partial charge in [-0.1, -0.05) is 43.1 Å². The molecule has 8 unspecified atom stereocenters. The van der Waals surface area contributed by atoms with Gasteiger partial charge >= 0.3 is 0 Å². The number of fused-ring (bicyclic) bond motifs is 5. The average molecular weight is 395 g/mol. The third-order valence-corrected chi connectivity index (χ3v) is 9.59. The fourth-order valence-corrected chi connectivity index (χ4v) is 8.57. The topological polar surface area (TPSA) is 17.1 Å². The van der Waals surface area contributed by atoms with Gasteiger partial charge in [0.05, 0.1) is 5.33 Å². The smallest absolute Gasteiger partial charge is 0.147 e. The van der Waals surface area contributed by atoms with Crippen molar-refractivity contribution in [1.82, 2.24) is 0 Å². The molecule has 136 valence electrons. The number of hydrogen-bond donors (Lipinski definition) is 0. The molecule has 4 aliphatic carbocycles. The third kappa shape index (κ3) is 2.57. The van der Waals surface area contributed by atoms with E-state index in [4.69, 9.17) is 0 Å². The molecule has 4 saturated carbocycles. The highest BCUT2D eigenvalue weighted by Crippen LogP contribution is 2.65. The van der Waals surface area contributed by atoms with Crippen LogP contribution in [0.3, 0.4) is 0 Å². The van der Waals surface area contributed by atoms with Gasteiger partial charge in [-0.2, -0.15) is 0 Å².